The minimum absolute atomic E-state index is 0.0172. The maximum absolute atomic E-state index is 13.5. The number of nitrogens with zero attached hydrogens (tertiary/aromatic N) is 1. The van der Waals surface area contributed by atoms with E-state index in [1.807, 2.05) is 30.3 Å². The number of fused-ring (bicyclic) bond motifs is 3. The molecular formula is C31H30F4N2O6. The molecule has 3 saturated heterocycles. The molecule has 3 fully saturated rings. The van der Waals surface area contributed by atoms with Gasteiger partial charge in [-0.25, -0.2) is 9.18 Å². The van der Waals surface area contributed by atoms with Crippen molar-refractivity contribution in [2.24, 2.45) is 5.92 Å². The molecule has 0 saturated carbocycles. The number of phenolic OH excluding ortho intramolecular Hbond substituents is 1. The second-order valence-electron chi connectivity index (χ2n) is 10.7. The van der Waals surface area contributed by atoms with Crippen LogP contribution in [0.15, 0.2) is 78.9 Å². The van der Waals surface area contributed by atoms with Crippen LogP contribution in [-0.2, 0) is 14.3 Å². The molecule has 2 bridgehead atoms. The van der Waals surface area contributed by atoms with Crippen molar-refractivity contribution >= 4 is 23.4 Å². The van der Waals surface area contributed by atoms with Crippen molar-refractivity contribution in [3.63, 3.8) is 0 Å². The molecule has 3 aliphatic rings. The molecule has 6 rings (SSSR count). The van der Waals surface area contributed by atoms with Gasteiger partial charge in [0.1, 0.15) is 30.6 Å². The summed E-state index contributed by atoms with van der Waals surface area (Å²) in [5.41, 5.74) is 1.88. The standard InChI is InChI=1S/C29H29FN2O4.C2HF3O2/c30-23-9-11-24(12-10-23)31-28(21-5-2-1-3-6-21)29(35)36-27-19-32(15-13-20(27)14-16-32)18-26(34)22-7-4-8-25(33)17-22;3-2(4,5)1(6)7/h1-12,17,20,27-28,31H,13-16,18-19H2;(H,6,7)/t20?,27-,28+,32?;/m0./s1. The molecule has 3 aliphatic heterocycles. The van der Waals surface area contributed by atoms with Gasteiger partial charge in [0.2, 0.25) is 5.78 Å². The zero-order chi connectivity index (χ0) is 31.2. The highest BCUT2D eigenvalue weighted by atomic mass is 19.4. The lowest BCUT2D eigenvalue weighted by atomic mass is 9.82. The molecule has 0 radical (unpaired) electrons. The Morgan fingerprint density at radius 2 is 1.60 bits per heavy atom. The number of alkyl halides is 3. The number of carbonyl (C=O) groups excluding carboxylic acids is 3. The van der Waals surface area contributed by atoms with Crippen molar-refractivity contribution in [1.82, 2.24) is 0 Å². The van der Waals surface area contributed by atoms with Gasteiger partial charge in [0.25, 0.3) is 0 Å². The van der Waals surface area contributed by atoms with E-state index < -0.39 is 18.2 Å². The van der Waals surface area contributed by atoms with E-state index in [1.165, 1.54) is 18.2 Å². The number of esters is 1. The van der Waals surface area contributed by atoms with E-state index in [-0.39, 0.29) is 35.3 Å². The van der Waals surface area contributed by atoms with Gasteiger partial charge in [-0.05, 0) is 42.0 Å². The first-order chi connectivity index (χ1) is 20.3. The summed E-state index contributed by atoms with van der Waals surface area (Å²) in [7, 11) is 0. The molecule has 8 nitrogen and oxygen atoms in total. The summed E-state index contributed by atoms with van der Waals surface area (Å²) in [6.45, 7) is 2.66. The van der Waals surface area contributed by atoms with Crippen LogP contribution in [0, 0.1) is 11.7 Å². The molecule has 0 unspecified atom stereocenters. The average Bonchev–Trinajstić information content (AvgIpc) is 2.97. The summed E-state index contributed by atoms with van der Waals surface area (Å²) in [6.07, 6.45) is -3.68. The topological polar surface area (TPSA) is 116 Å². The smallest absolute Gasteiger partial charge is 0.430 e. The number of carboxylic acids is 1. The summed E-state index contributed by atoms with van der Waals surface area (Å²) < 4.78 is 51.7. The predicted octanol–water partition coefficient (Wildman–Crippen LogP) is 4.02. The summed E-state index contributed by atoms with van der Waals surface area (Å²) in [4.78, 5) is 35.3. The lowest BCUT2D eigenvalue weighted by molar-refractivity contribution is -0.938. The van der Waals surface area contributed by atoms with Gasteiger partial charge in [-0.15, -0.1) is 0 Å². The molecule has 3 heterocycles. The molecule has 228 valence electrons. The van der Waals surface area contributed by atoms with E-state index in [9.17, 15) is 32.3 Å². The largest absolute Gasteiger partial charge is 0.542 e. The van der Waals surface area contributed by atoms with Crippen molar-refractivity contribution < 1.29 is 51.4 Å². The van der Waals surface area contributed by atoms with Crippen LogP contribution in [0.3, 0.4) is 0 Å². The Labute approximate surface area is 245 Å². The Morgan fingerprint density at radius 3 is 2.19 bits per heavy atom. The van der Waals surface area contributed by atoms with Crippen LogP contribution in [0.2, 0.25) is 0 Å². The van der Waals surface area contributed by atoms with Crippen molar-refractivity contribution in [3.8, 4) is 5.75 Å². The molecule has 3 aromatic rings. The summed E-state index contributed by atoms with van der Waals surface area (Å²) in [5.74, 6) is -3.41. The number of anilines is 1. The molecular weight excluding hydrogens is 572 g/mol. The van der Waals surface area contributed by atoms with Crippen LogP contribution < -0.4 is 10.4 Å². The first-order valence-corrected chi connectivity index (χ1v) is 13.6. The number of aromatic hydroxyl groups is 1. The highest BCUT2D eigenvalue weighted by Crippen LogP contribution is 2.37. The highest BCUT2D eigenvalue weighted by Gasteiger charge is 2.49. The fourth-order valence-corrected chi connectivity index (χ4v) is 5.51. The van der Waals surface area contributed by atoms with Crippen LogP contribution in [0.1, 0.15) is 34.8 Å². The lowest BCUT2D eigenvalue weighted by Gasteiger charge is -2.51. The number of quaternary nitrogens is 1. The third-order valence-electron chi connectivity index (χ3n) is 7.71. The maximum atomic E-state index is 13.5. The fraction of sp³-hybridized carbons (Fsp3) is 0.323. The van der Waals surface area contributed by atoms with E-state index in [0.29, 0.717) is 28.8 Å². The number of benzene rings is 3. The lowest BCUT2D eigenvalue weighted by Crippen LogP contribution is -2.65. The van der Waals surface area contributed by atoms with E-state index in [2.05, 4.69) is 5.32 Å². The second-order valence-corrected chi connectivity index (χ2v) is 10.7. The monoisotopic (exact) mass is 602 g/mol. The molecule has 43 heavy (non-hydrogen) atoms. The van der Waals surface area contributed by atoms with Crippen molar-refractivity contribution in [1.29, 1.82) is 0 Å². The van der Waals surface area contributed by atoms with Gasteiger partial charge in [0.15, 0.2) is 12.1 Å². The maximum Gasteiger partial charge on any atom is 0.430 e. The van der Waals surface area contributed by atoms with Crippen LogP contribution in [0.25, 0.3) is 0 Å². The summed E-state index contributed by atoms with van der Waals surface area (Å²) >= 11 is 0. The van der Waals surface area contributed by atoms with Crippen molar-refractivity contribution in [2.45, 2.75) is 31.2 Å². The van der Waals surface area contributed by atoms with Crippen LogP contribution in [0.4, 0.5) is 23.2 Å². The predicted molar refractivity (Wildman–Crippen MR) is 145 cm³/mol. The van der Waals surface area contributed by atoms with E-state index in [1.54, 1.807) is 30.3 Å². The van der Waals surface area contributed by atoms with E-state index in [4.69, 9.17) is 14.6 Å². The Balaban J connectivity index is 0.000000541. The van der Waals surface area contributed by atoms with Gasteiger partial charge in [0.05, 0.1) is 13.1 Å². The average molecular weight is 603 g/mol. The summed E-state index contributed by atoms with van der Waals surface area (Å²) in [6, 6.07) is 20.9. The Bertz CT molecular complexity index is 1420. The second kappa shape index (κ2) is 13.2. The van der Waals surface area contributed by atoms with E-state index >= 15 is 0 Å². The van der Waals surface area contributed by atoms with Crippen molar-refractivity contribution in [3.05, 3.63) is 95.8 Å². The number of ether oxygens (including phenoxy) is 1. The Kier molecular flexibility index (Phi) is 9.70. The third-order valence-corrected chi connectivity index (χ3v) is 7.71. The number of Topliss-reactive ketones (excluding diaryl/α,β-unsaturated/α-hetero) is 1. The number of phenols is 1. The number of hydrogen-bond donors (Lipinski definition) is 2. The molecule has 2 N–H and O–H groups in total. The quantitative estimate of drug-likeness (QED) is 0.173. The van der Waals surface area contributed by atoms with Crippen LogP contribution >= 0.6 is 0 Å². The molecule has 0 aromatic heterocycles. The number of carbonyl (C=O) groups is 3. The highest BCUT2D eigenvalue weighted by molar-refractivity contribution is 5.97. The van der Waals surface area contributed by atoms with Gasteiger partial charge in [0, 0.05) is 30.0 Å². The third kappa shape index (κ3) is 8.31. The number of rotatable bonds is 8. The molecule has 0 spiro atoms. The van der Waals surface area contributed by atoms with Gasteiger partial charge in [-0.2, -0.15) is 13.2 Å². The first kappa shape index (κ1) is 31.5. The number of halogens is 4. The Hall–Kier alpha value is -4.45. The number of carboxylic acid groups (broad SMARTS) is 1. The number of nitrogens with one attached hydrogen (secondary N) is 1. The zero-order valence-corrected chi connectivity index (χ0v) is 22.9. The molecule has 2 atom stereocenters. The van der Waals surface area contributed by atoms with Gasteiger partial charge in [-0.3, -0.25) is 4.79 Å². The SMILES string of the molecule is O=C(C[N+]12CCC(CC1)[C@@H](OC(=O)[C@H](Nc1ccc(F)cc1)c1ccccc1)C2)c1cccc(O)c1.O=C([O-])C(F)(F)F. The number of hydrogen-bond acceptors (Lipinski definition) is 7. The summed E-state index contributed by atoms with van der Waals surface area (Å²) in [5, 5.41) is 21.7. The normalized spacial score (nSPS) is 21.6. The Morgan fingerprint density at radius 1 is 0.977 bits per heavy atom. The number of aliphatic carboxylic acids is 1. The number of piperidine rings is 3. The van der Waals surface area contributed by atoms with Gasteiger partial charge < -0.3 is 29.5 Å². The van der Waals surface area contributed by atoms with Crippen LogP contribution in [-0.4, -0.2) is 65.8 Å². The molecule has 0 aliphatic carbocycles. The first-order valence-electron chi connectivity index (χ1n) is 13.6. The van der Waals surface area contributed by atoms with E-state index in [0.717, 1.165) is 31.5 Å². The molecule has 0 amide bonds. The van der Waals surface area contributed by atoms with Crippen LogP contribution in [0.5, 0.6) is 5.75 Å². The zero-order valence-electron chi connectivity index (χ0n) is 22.9. The molecule has 12 heteroatoms. The number of ketones is 1. The minimum Gasteiger partial charge on any atom is -0.542 e. The minimum atomic E-state index is -5.19. The van der Waals surface area contributed by atoms with Gasteiger partial charge in [-0.1, -0.05) is 42.5 Å². The van der Waals surface area contributed by atoms with Crippen molar-refractivity contribution in [2.75, 3.05) is 31.5 Å². The molecule has 3 aromatic carbocycles. The van der Waals surface area contributed by atoms with Gasteiger partial charge >= 0.3 is 12.1 Å². The fourth-order valence-electron chi connectivity index (χ4n) is 5.51.